The highest BCUT2D eigenvalue weighted by Gasteiger charge is 2.14. The Morgan fingerprint density at radius 1 is 1.09 bits per heavy atom. The van der Waals surface area contributed by atoms with Crippen LogP contribution < -0.4 is 4.74 Å². The normalized spacial score (nSPS) is 16.0. The number of nitrogens with zero attached hydrogens (tertiary/aromatic N) is 1. The van der Waals surface area contributed by atoms with Crippen molar-refractivity contribution in [2.75, 3.05) is 19.7 Å². The quantitative estimate of drug-likeness (QED) is 0.708. The fourth-order valence-corrected chi connectivity index (χ4v) is 3.12. The first-order valence-electron chi connectivity index (χ1n) is 8.02. The average Bonchev–Trinajstić information content (AvgIpc) is 2.44. The van der Waals surface area contributed by atoms with Gasteiger partial charge in [0.05, 0.1) is 11.6 Å². The molecule has 1 saturated heterocycles. The second-order valence-corrected chi connectivity index (χ2v) is 6.52. The van der Waals surface area contributed by atoms with Crippen molar-refractivity contribution in [2.24, 2.45) is 0 Å². The number of benzene rings is 1. The van der Waals surface area contributed by atoms with Crippen molar-refractivity contribution >= 4 is 29.1 Å². The molecule has 0 saturated carbocycles. The van der Waals surface area contributed by atoms with Crippen molar-refractivity contribution in [2.45, 2.75) is 44.9 Å². The van der Waals surface area contributed by atoms with E-state index in [9.17, 15) is 4.79 Å². The van der Waals surface area contributed by atoms with Gasteiger partial charge in [-0.2, -0.15) is 0 Å². The van der Waals surface area contributed by atoms with Gasteiger partial charge in [-0.3, -0.25) is 4.79 Å². The van der Waals surface area contributed by atoms with Crippen LogP contribution in [0.1, 0.15) is 44.9 Å². The number of hydrogen-bond donors (Lipinski definition) is 0. The number of rotatable bonds is 5. The van der Waals surface area contributed by atoms with Crippen molar-refractivity contribution in [3.05, 3.63) is 28.2 Å². The molecule has 0 bridgehead atoms. The maximum absolute atomic E-state index is 12.2. The summed E-state index contributed by atoms with van der Waals surface area (Å²) in [5, 5.41) is 1.09. The van der Waals surface area contributed by atoms with Gasteiger partial charge in [0, 0.05) is 24.5 Å². The molecule has 22 heavy (non-hydrogen) atoms. The number of hydrogen-bond acceptors (Lipinski definition) is 2. The van der Waals surface area contributed by atoms with Crippen LogP contribution in [-0.4, -0.2) is 30.5 Å². The molecule has 0 spiro atoms. The SMILES string of the molecule is O=C(CCCOc1ccc(Cl)cc1Cl)N1CCCCCCC1. The third-order valence-electron chi connectivity index (χ3n) is 3.90. The van der Waals surface area contributed by atoms with Crippen LogP contribution in [-0.2, 0) is 4.79 Å². The predicted molar refractivity (Wildman–Crippen MR) is 90.9 cm³/mol. The van der Waals surface area contributed by atoms with Gasteiger partial charge in [0.15, 0.2) is 0 Å². The molecular weight excluding hydrogens is 321 g/mol. The fraction of sp³-hybridized carbons (Fsp3) is 0.588. The molecule has 1 aromatic rings. The lowest BCUT2D eigenvalue weighted by atomic mass is 10.1. The molecule has 5 heteroatoms. The molecule has 0 radical (unpaired) electrons. The summed E-state index contributed by atoms with van der Waals surface area (Å²) in [7, 11) is 0. The molecule has 0 unspecified atom stereocenters. The van der Waals surface area contributed by atoms with E-state index in [4.69, 9.17) is 27.9 Å². The van der Waals surface area contributed by atoms with Gasteiger partial charge in [-0.25, -0.2) is 0 Å². The zero-order valence-electron chi connectivity index (χ0n) is 12.8. The van der Waals surface area contributed by atoms with Crippen LogP contribution in [0.5, 0.6) is 5.75 Å². The monoisotopic (exact) mass is 343 g/mol. The van der Waals surface area contributed by atoms with Crippen molar-refractivity contribution in [3.8, 4) is 5.75 Å². The highest BCUT2D eigenvalue weighted by Crippen LogP contribution is 2.27. The first kappa shape index (κ1) is 17.4. The number of ether oxygens (including phenoxy) is 1. The molecular formula is C17H23Cl2NO2. The third-order valence-corrected chi connectivity index (χ3v) is 4.43. The number of halogens is 2. The lowest BCUT2D eigenvalue weighted by Gasteiger charge is -2.24. The van der Waals surface area contributed by atoms with Gasteiger partial charge in [0.1, 0.15) is 5.75 Å². The zero-order chi connectivity index (χ0) is 15.8. The second-order valence-electron chi connectivity index (χ2n) is 5.68. The van der Waals surface area contributed by atoms with Gasteiger partial charge in [0.2, 0.25) is 5.91 Å². The third kappa shape index (κ3) is 5.69. The van der Waals surface area contributed by atoms with E-state index in [1.807, 2.05) is 4.90 Å². The summed E-state index contributed by atoms with van der Waals surface area (Å²) >= 11 is 11.9. The van der Waals surface area contributed by atoms with E-state index in [2.05, 4.69) is 0 Å². The van der Waals surface area contributed by atoms with Crippen molar-refractivity contribution in [1.82, 2.24) is 4.90 Å². The molecule has 0 atom stereocenters. The largest absolute Gasteiger partial charge is 0.492 e. The van der Waals surface area contributed by atoms with Crippen molar-refractivity contribution in [3.63, 3.8) is 0 Å². The second kappa shape index (κ2) is 9.26. The van der Waals surface area contributed by atoms with Crippen LogP contribution >= 0.6 is 23.2 Å². The van der Waals surface area contributed by atoms with Gasteiger partial charge >= 0.3 is 0 Å². The molecule has 1 aliphatic heterocycles. The lowest BCUT2D eigenvalue weighted by Crippen LogP contribution is -2.33. The first-order chi connectivity index (χ1) is 10.7. The van der Waals surface area contributed by atoms with Gasteiger partial charge < -0.3 is 9.64 Å². The Hall–Kier alpha value is -0.930. The Morgan fingerprint density at radius 3 is 2.45 bits per heavy atom. The molecule has 1 heterocycles. The summed E-state index contributed by atoms with van der Waals surface area (Å²) in [6.45, 7) is 2.30. The Bertz CT molecular complexity index is 486. The van der Waals surface area contributed by atoms with Gasteiger partial charge in [-0.05, 0) is 37.5 Å². The topological polar surface area (TPSA) is 29.5 Å². The van der Waals surface area contributed by atoms with Crippen LogP contribution in [0.25, 0.3) is 0 Å². The minimum Gasteiger partial charge on any atom is -0.492 e. The standard InChI is InChI=1S/C17H23Cl2NO2/c18-14-8-9-16(15(19)13-14)22-12-6-7-17(21)20-10-4-2-1-3-5-11-20/h8-9,13H,1-7,10-12H2. The van der Waals surface area contributed by atoms with E-state index in [1.165, 1.54) is 19.3 Å². The number of carbonyl (C=O) groups excluding carboxylic acids is 1. The minimum absolute atomic E-state index is 0.243. The minimum atomic E-state index is 0.243. The highest BCUT2D eigenvalue weighted by atomic mass is 35.5. The number of likely N-dealkylation sites (tertiary alicyclic amines) is 1. The molecule has 3 nitrogen and oxygen atoms in total. The summed E-state index contributed by atoms with van der Waals surface area (Å²) in [5.74, 6) is 0.859. The summed E-state index contributed by atoms with van der Waals surface area (Å²) in [6.07, 6.45) is 7.27. The Kier molecular flexibility index (Phi) is 7.34. The Balaban J connectivity index is 1.70. The first-order valence-corrected chi connectivity index (χ1v) is 8.78. The predicted octanol–water partition coefficient (Wildman–Crippen LogP) is 4.95. The van der Waals surface area contributed by atoms with Crippen LogP contribution in [0.15, 0.2) is 18.2 Å². The van der Waals surface area contributed by atoms with E-state index in [1.54, 1.807) is 18.2 Å². The molecule has 2 rings (SSSR count). The van der Waals surface area contributed by atoms with Gasteiger partial charge in [-0.15, -0.1) is 0 Å². The molecule has 1 amide bonds. The molecule has 1 aliphatic rings. The zero-order valence-corrected chi connectivity index (χ0v) is 14.3. The lowest BCUT2D eigenvalue weighted by molar-refractivity contribution is -0.131. The molecule has 1 fully saturated rings. The molecule has 122 valence electrons. The molecule has 1 aromatic carbocycles. The van der Waals surface area contributed by atoms with Crippen molar-refractivity contribution in [1.29, 1.82) is 0 Å². The van der Waals surface area contributed by atoms with E-state index < -0.39 is 0 Å². The van der Waals surface area contributed by atoms with Crippen LogP contribution in [0.3, 0.4) is 0 Å². The van der Waals surface area contributed by atoms with Gasteiger partial charge in [0.25, 0.3) is 0 Å². The van der Waals surface area contributed by atoms with E-state index in [-0.39, 0.29) is 5.91 Å². The maximum Gasteiger partial charge on any atom is 0.222 e. The summed E-state index contributed by atoms with van der Waals surface area (Å²) in [4.78, 5) is 14.2. The molecule has 0 aliphatic carbocycles. The number of carbonyl (C=O) groups is 1. The number of amides is 1. The van der Waals surface area contributed by atoms with Crippen LogP contribution in [0.2, 0.25) is 10.0 Å². The average molecular weight is 344 g/mol. The Labute approximate surface area is 142 Å². The molecule has 0 aromatic heterocycles. The van der Waals surface area contributed by atoms with Crippen LogP contribution in [0, 0.1) is 0 Å². The summed E-state index contributed by atoms with van der Waals surface area (Å²) in [6, 6.07) is 5.16. The van der Waals surface area contributed by atoms with Crippen molar-refractivity contribution < 1.29 is 9.53 Å². The maximum atomic E-state index is 12.2. The fourth-order valence-electron chi connectivity index (χ4n) is 2.65. The van der Waals surface area contributed by atoms with Crippen LogP contribution in [0.4, 0.5) is 0 Å². The van der Waals surface area contributed by atoms with Gasteiger partial charge in [-0.1, -0.05) is 42.5 Å². The highest BCUT2D eigenvalue weighted by molar-refractivity contribution is 6.35. The summed E-state index contributed by atoms with van der Waals surface area (Å²) < 4.78 is 5.61. The van der Waals surface area contributed by atoms with E-state index >= 15 is 0 Å². The Morgan fingerprint density at radius 2 is 1.77 bits per heavy atom. The summed E-state index contributed by atoms with van der Waals surface area (Å²) in [5.41, 5.74) is 0. The van der Waals surface area contributed by atoms with E-state index in [0.717, 1.165) is 25.9 Å². The van der Waals surface area contributed by atoms with E-state index in [0.29, 0.717) is 35.2 Å². The molecule has 0 N–H and O–H groups in total. The smallest absolute Gasteiger partial charge is 0.222 e.